The van der Waals surface area contributed by atoms with Gasteiger partial charge in [-0.15, -0.1) is 12.4 Å². The largest absolute Gasteiger partial charge is 0.493 e. The second-order valence-corrected chi connectivity index (χ2v) is 7.73. The summed E-state index contributed by atoms with van der Waals surface area (Å²) in [6.45, 7) is 1.00. The second kappa shape index (κ2) is 9.51. The predicted molar refractivity (Wildman–Crippen MR) is 116 cm³/mol. The van der Waals surface area contributed by atoms with Gasteiger partial charge in [-0.25, -0.2) is 0 Å². The van der Waals surface area contributed by atoms with Crippen LogP contribution in [-0.4, -0.2) is 43.2 Å². The molecule has 1 amide bonds. The molecule has 0 aromatic heterocycles. The van der Waals surface area contributed by atoms with E-state index in [2.05, 4.69) is 40.5 Å². The van der Waals surface area contributed by atoms with Gasteiger partial charge in [0.05, 0.1) is 19.8 Å². The fourth-order valence-corrected chi connectivity index (χ4v) is 4.77. The first-order chi connectivity index (χ1) is 13.7. The van der Waals surface area contributed by atoms with Gasteiger partial charge in [-0.05, 0) is 43.4 Å². The normalized spacial score (nSPS) is 23.2. The lowest BCUT2D eigenvalue weighted by Gasteiger charge is -2.39. The number of methoxy groups -OCH3 is 2. The SMILES string of the molecule is COc1cccc(C(=O)NC2C[C@H]3CC[C@@H](C2)N3Cc2ccccc2)c1OC.Cl. The number of hydrogen-bond donors (Lipinski definition) is 1. The monoisotopic (exact) mass is 416 g/mol. The molecule has 3 atom stereocenters. The van der Waals surface area contributed by atoms with E-state index in [0.717, 1.165) is 19.4 Å². The molecule has 2 heterocycles. The smallest absolute Gasteiger partial charge is 0.255 e. The molecular weight excluding hydrogens is 388 g/mol. The molecule has 0 spiro atoms. The molecule has 5 nitrogen and oxygen atoms in total. The minimum Gasteiger partial charge on any atom is -0.493 e. The zero-order valence-electron chi connectivity index (χ0n) is 17.0. The quantitative estimate of drug-likeness (QED) is 0.771. The van der Waals surface area contributed by atoms with Crippen LogP contribution in [0.1, 0.15) is 41.6 Å². The molecule has 2 aromatic carbocycles. The molecular formula is C23H29ClN2O3. The van der Waals surface area contributed by atoms with Gasteiger partial charge in [-0.3, -0.25) is 9.69 Å². The highest BCUT2D eigenvalue weighted by Gasteiger charge is 2.41. The van der Waals surface area contributed by atoms with Crippen LogP contribution >= 0.6 is 12.4 Å². The topological polar surface area (TPSA) is 50.8 Å². The van der Waals surface area contributed by atoms with Crippen molar-refractivity contribution in [2.24, 2.45) is 0 Å². The Morgan fingerprint density at radius 2 is 1.69 bits per heavy atom. The van der Waals surface area contributed by atoms with Crippen molar-refractivity contribution in [1.29, 1.82) is 0 Å². The van der Waals surface area contributed by atoms with Crippen LogP contribution in [0, 0.1) is 0 Å². The van der Waals surface area contributed by atoms with Gasteiger partial charge in [-0.1, -0.05) is 36.4 Å². The third-order valence-electron chi connectivity index (χ3n) is 6.08. The molecule has 2 aliphatic heterocycles. The zero-order valence-corrected chi connectivity index (χ0v) is 17.8. The summed E-state index contributed by atoms with van der Waals surface area (Å²) in [7, 11) is 3.15. The molecule has 6 heteroatoms. The summed E-state index contributed by atoms with van der Waals surface area (Å²) in [5, 5.41) is 3.25. The molecule has 29 heavy (non-hydrogen) atoms. The zero-order chi connectivity index (χ0) is 19.5. The Hall–Kier alpha value is -2.24. The number of hydrogen-bond acceptors (Lipinski definition) is 4. The van der Waals surface area contributed by atoms with Crippen LogP contribution in [0.4, 0.5) is 0 Å². The maximum absolute atomic E-state index is 12.9. The van der Waals surface area contributed by atoms with Crippen molar-refractivity contribution in [1.82, 2.24) is 10.2 Å². The number of amides is 1. The van der Waals surface area contributed by atoms with Gasteiger partial charge in [-0.2, -0.15) is 0 Å². The standard InChI is InChI=1S/C23H28N2O3.ClH/c1-27-21-10-6-9-20(22(21)28-2)23(26)24-17-13-18-11-12-19(14-17)25(18)15-16-7-4-3-5-8-16;/h3-10,17-19H,11-15H2,1-2H3,(H,24,26);1H/t17?,18-,19+;. The maximum Gasteiger partial charge on any atom is 0.255 e. The van der Waals surface area contributed by atoms with E-state index >= 15 is 0 Å². The number of nitrogens with one attached hydrogen (secondary N) is 1. The summed E-state index contributed by atoms with van der Waals surface area (Å²) in [5.41, 5.74) is 1.89. The van der Waals surface area contributed by atoms with E-state index in [9.17, 15) is 4.79 Å². The van der Waals surface area contributed by atoms with E-state index in [1.807, 2.05) is 6.07 Å². The molecule has 1 unspecified atom stereocenters. The van der Waals surface area contributed by atoms with Gasteiger partial charge in [0.1, 0.15) is 0 Å². The number of rotatable bonds is 6. The minimum atomic E-state index is -0.0864. The molecule has 2 fully saturated rings. The lowest BCUT2D eigenvalue weighted by Crippen LogP contribution is -2.50. The molecule has 2 aliphatic rings. The number of para-hydroxylation sites is 1. The Morgan fingerprint density at radius 3 is 2.31 bits per heavy atom. The van der Waals surface area contributed by atoms with Crippen LogP contribution < -0.4 is 14.8 Å². The van der Waals surface area contributed by atoms with E-state index < -0.39 is 0 Å². The summed E-state index contributed by atoms with van der Waals surface area (Å²) in [6.07, 6.45) is 4.43. The highest BCUT2D eigenvalue weighted by Crippen LogP contribution is 2.37. The van der Waals surface area contributed by atoms with Crippen LogP contribution in [-0.2, 0) is 6.54 Å². The van der Waals surface area contributed by atoms with E-state index in [0.29, 0.717) is 29.1 Å². The van der Waals surface area contributed by atoms with E-state index in [1.165, 1.54) is 18.4 Å². The molecule has 0 radical (unpaired) electrons. The van der Waals surface area contributed by atoms with Gasteiger partial charge >= 0.3 is 0 Å². The maximum atomic E-state index is 12.9. The van der Waals surface area contributed by atoms with Crippen LogP contribution in [0.3, 0.4) is 0 Å². The predicted octanol–water partition coefficient (Wildman–Crippen LogP) is 4.05. The molecule has 0 saturated carbocycles. The molecule has 156 valence electrons. The van der Waals surface area contributed by atoms with Crippen LogP contribution in [0.25, 0.3) is 0 Å². The number of fused-ring (bicyclic) bond motifs is 2. The van der Waals surface area contributed by atoms with Crippen molar-refractivity contribution in [2.45, 2.75) is 50.4 Å². The van der Waals surface area contributed by atoms with Crippen molar-refractivity contribution in [3.8, 4) is 11.5 Å². The number of piperidine rings is 1. The Morgan fingerprint density at radius 1 is 1.00 bits per heavy atom. The minimum absolute atomic E-state index is 0. The fourth-order valence-electron chi connectivity index (χ4n) is 4.77. The lowest BCUT2D eigenvalue weighted by atomic mass is 9.96. The van der Waals surface area contributed by atoms with Gasteiger partial charge in [0.15, 0.2) is 11.5 Å². The highest BCUT2D eigenvalue weighted by atomic mass is 35.5. The second-order valence-electron chi connectivity index (χ2n) is 7.73. The molecule has 2 aromatic rings. The third kappa shape index (κ3) is 4.51. The average molecular weight is 417 g/mol. The highest BCUT2D eigenvalue weighted by molar-refractivity contribution is 5.98. The number of carbonyl (C=O) groups is 1. The van der Waals surface area contributed by atoms with E-state index in [-0.39, 0.29) is 24.4 Å². The van der Waals surface area contributed by atoms with Gasteiger partial charge in [0, 0.05) is 24.7 Å². The Bertz CT molecular complexity index is 816. The third-order valence-corrected chi connectivity index (χ3v) is 6.08. The Labute approximate surface area is 178 Å². The average Bonchev–Trinajstić information content (AvgIpc) is 2.96. The van der Waals surface area contributed by atoms with Crippen molar-refractivity contribution in [2.75, 3.05) is 14.2 Å². The molecule has 4 rings (SSSR count). The molecule has 2 saturated heterocycles. The number of nitrogens with zero attached hydrogens (tertiary/aromatic N) is 1. The van der Waals surface area contributed by atoms with Crippen molar-refractivity contribution < 1.29 is 14.3 Å². The van der Waals surface area contributed by atoms with E-state index in [1.54, 1.807) is 26.4 Å². The summed E-state index contributed by atoms with van der Waals surface area (Å²) < 4.78 is 10.7. The number of halogens is 1. The molecule has 2 bridgehead atoms. The Balaban J connectivity index is 0.00000240. The lowest BCUT2D eigenvalue weighted by molar-refractivity contribution is 0.0825. The van der Waals surface area contributed by atoms with Crippen molar-refractivity contribution in [3.05, 3.63) is 59.7 Å². The first kappa shape index (κ1) is 21.5. The first-order valence-electron chi connectivity index (χ1n) is 10.0. The fraction of sp³-hybridized carbons (Fsp3) is 0.435. The number of carbonyl (C=O) groups excluding carboxylic acids is 1. The van der Waals surface area contributed by atoms with Gasteiger partial charge < -0.3 is 14.8 Å². The van der Waals surface area contributed by atoms with Crippen LogP contribution in [0.2, 0.25) is 0 Å². The Kier molecular flexibility index (Phi) is 7.04. The van der Waals surface area contributed by atoms with Crippen molar-refractivity contribution in [3.63, 3.8) is 0 Å². The summed E-state index contributed by atoms with van der Waals surface area (Å²) in [5.74, 6) is 0.983. The van der Waals surface area contributed by atoms with Crippen molar-refractivity contribution >= 4 is 18.3 Å². The van der Waals surface area contributed by atoms with Gasteiger partial charge in [0.25, 0.3) is 5.91 Å². The van der Waals surface area contributed by atoms with E-state index in [4.69, 9.17) is 9.47 Å². The summed E-state index contributed by atoms with van der Waals surface area (Å²) >= 11 is 0. The number of benzene rings is 2. The molecule has 1 N–H and O–H groups in total. The summed E-state index contributed by atoms with van der Waals surface area (Å²) in [4.78, 5) is 15.5. The number of ether oxygens (including phenoxy) is 2. The van der Waals surface area contributed by atoms with Crippen LogP contribution in [0.5, 0.6) is 11.5 Å². The first-order valence-corrected chi connectivity index (χ1v) is 10.0. The summed E-state index contributed by atoms with van der Waals surface area (Å²) in [6, 6.07) is 17.4. The molecule has 0 aliphatic carbocycles. The van der Waals surface area contributed by atoms with Crippen LogP contribution in [0.15, 0.2) is 48.5 Å². The van der Waals surface area contributed by atoms with Gasteiger partial charge in [0.2, 0.25) is 0 Å².